The van der Waals surface area contributed by atoms with Gasteiger partial charge in [-0.1, -0.05) is 81.4 Å². The smallest absolute Gasteiger partial charge is 0.187 e. The molecule has 0 radical (unpaired) electrons. The Bertz CT molecular complexity index is 715. The van der Waals surface area contributed by atoms with Gasteiger partial charge in [-0.3, -0.25) is 9.69 Å². The van der Waals surface area contributed by atoms with Crippen molar-refractivity contribution >= 4 is 17.9 Å². The molecule has 3 heteroatoms. The summed E-state index contributed by atoms with van der Waals surface area (Å²) in [6.45, 7) is 10.9. The number of carbonyl (C=O) groups excluding carboxylic acids is 1. The lowest BCUT2D eigenvalue weighted by Gasteiger charge is -2.28. The van der Waals surface area contributed by atoms with Crippen LogP contribution in [0, 0.1) is 0 Å². The van der Waals surface area contributed by atoms with E-state index in [-0.39, 0.29) is 5.78 Å². The van der Waals surface area contributed by atoms with Crippen LogP contribution in [0.5, 0.6) is 0 Å². The van der Waals surface area contributed by atoms with Crippen LogP contribution >= 0.6 is 0 Å². The minimum atomic E-state index is 0.169. The van der Waals surface area contributed by atoms with Crippen molar-refractivity contribution in [1.29, 1.82) is 0 Å². The number of ketones is 1. The lowest BCUT2D eigenvalue weighted by atomic mass is 9.94. The zero-order valence-electron chi connectivity index (χ0n) is 17.3. The third-order valence-electron chi connectivity index (χ3n) is 4.60. The van der Waals surface area contributed by atoms with E-state index in [1.807, 2.05) is 72.8 Å². The highest BCUT2D eigenvalue weighted by molar-refractivity contribution is 6.14. The fraction of sp³-hybridized carbons (Fsp3) is 0.320. The lowest BCUT2D eigenvalue weighted by Crippen LogP contribution is -2.37. The van der Waals surface area contributed by atoms with Crippen LogP contribution in [0.3, 0.4) is 0 Å². The Kier molecular flexibility index (Phi) is 9.40. The molecular formula is C25H32N2O. The summed E-state index contributed by atoms with van der Waals surface area (Å²) < 4.78 is 0. The number of Topliss-reactive ketones (excluding diaryl/α,β-unsaturated/α-hetero) is 1. The molecule has 0 aromatic heterocycles. The van der Waals surface area contributed by atoms with Crippen molar-refractivity contribution in [3.63, 3.8) is 0 Å². The van der Waals surface area contributed by atoms with Crippen LogP contribution < -0.4 is 5.32 Å². The van der Waals surface area contributed by atoms with Crippen molar-refractivity contribution in [2.45, 2.75) is 20.8 Å². The monoisotopic (exact) mass is 376 g/mol. The number of likely N-dealkylation sites (N-methyl/N-ethyl adjacent to an activating group) is 1. The molecule has 2 aromatic carbocycles. The molecule has 3 nitrogen and oxygen atoms in total. The first-order valence-corrected chi connectivity index (χ1v) is 10.2. The van der Waals surface area contributed by atoms with Crippen molar-refractivity contribution in [3.8, 4) is 0 Å². The maximum atomic E-state index is 12.8. The van der Waals surface area contributed by atoms with Gasteiger partial charge in [0.15, 0.2) is 5.78 Å². The predicted octanol–water partition coefficient (Wildman–Crippen LogP) is 4.67. The maximum absolute atomic E-state index is 12.8. The molecule has 0 amide bonds. The van der Waals surface area contributed by atoms with E-state index >= 15 is 0 Å². The molecule has 0 unspecified atom stereocenters. The molecule has 1 aliphatic rings. The summed E-state index contributed by atoms with van der Waals surface area (Å²) in [5.74, 6) is 0.169. The molecule has 1 fully saturated rings. The van der Waals surface area contributed by atoms with Crippen LogP contribution in [0.1, 0.15) is 31.9 Å². The van der Waals surface area contributed by atoms with E-state index in [0.29, 0.717) is 0 Å². The Hall–Kier alpha value is -2.49. The van der Waals surface area contributed by atoms with Crippen molar-refractivity contribution < 1.29 is 4.79 Å². The van der Waals surface area contributed by atoms with E-state index in [2.05, 4.69) is 31.0 Å². The third kappa shape index (κ3) is 6.91. The van der Waals surface area contributed by atoms with Gasteiger partial charge in [-0.05, 0) is 42.9 Å². The Morgan fingerprint density at radius 3 is 1.54 bits per heavy atom. The maximum Gasteiger partial charge on any atom is 0.187 e. The van der Waals surface area contributed by atoms with E-state index in [9.17, 15) is 4.79 Å². The van der Waals surface area contributed by atoms with Gasteiger partial charge in [0.05, 0.1) is 0 Å². The topological polar surface area (TPSA) is 32.3 Å². The molecule has 28 heavy (non-hydrogen) atoms. The number of carbonyl (C=O) groups is 1. The van der Waals surface area contributed by atoms with Gasteiger partial charge in [-0.25, -0.2) is 0 Å². The van der Waals surface area contributed by atoms with Gasteiger partial charge in [0.25, 0.3) is 0 Å². The van der Waals surface area contributed by atoms with Crippen LogP contribution in [0.15, 0.2) is 71.8 Å². The van der Waals surface area contributed by atoms with Gasteiger partial charge in [-0.15, -0.1) is 0 Å². The van der Waals surface area contributed by atoms with Gasteiger partial charge >= 0.3 is 0 Å². The molecule has 0 spiro atoms. The second-order valence-electron chi connectivity index (χ2n) is 6.75. The molecule has 2 aromatic rings. The van der Waals surface area contributed by atoms with E-state index in [0.717, 1.165) is 55.0 Å². The highest BCUT2D eigenvalue weighted by Crippen LogP contribution is 2.21. The summed E-state index contributed by atoms with van der Waals surface area (Å²) in [7, 11) is 0. The second kappa shape index (κ2) is 12.1. The van der Waals surface area contributed by atoms with Crippen molar-refractivity contribution in [3.05, 3.63) is 82.9 Å². The van der Waals surface area contributed by atoms with Crippen LogP contribution in [0.4, 0.5) is 0 Å². The molecule has 1 saturated heterocycles. The van der Waals surface area contributed by atoms with E-state index in [1.54, 1.807) is 0 Å². The standard InChI is InChI=1S/C21H21NO.C4H11N/c1-2-22-15-19(13-17-9-5-3-6-10-17)21(23)20(16-22)14-18-11-7-4-8-12-18;1-3-5-4-2/h3-14H,2,15-16H2,1H3;5H,3-4H2,1-2H3. The number of benzene rings is 2. The Balaban J connectivity index is 0.000000500. The minimum Gasteiger partial charge on any atom is -0.317 e. The minimum absolute atomic E-state index is 0.169. The van der Waals surface area contributed by atoms with E-state index in [4.69, 9.17) is 0 Å². The molecule has 0 atom stereocenters. The molecule has 148 valence electrons. The third-order valence-corrected chi connectivity index (χ3v) is 4.60. The van der Waals surface area contributed by atoms with Crippen molar-refractivity contribution in [2.75, 3.05) is 32.7 Å². The zero-order valence-corrected chi connectivity index (χ0v) is 17.3. The molecule has 1 aliphatic heterocycles. The molecule has 3 rings (SSSR count). The molecule has 0 aliphatic carbocycles. The molecular weight excluding hydrogens is 344 g/mol. The average Bonchev–Trinajstić information content (AvgIpc) is 2.73. The normalized spacial score (nSPS) is 17.5. The summed E-state index contributed by atoms with van der Waals surface area (Å²) in [4.78, 5) is 15.1. The molecule has 0 bridgehead atoms. The quantitative estimate of drug-likeness (QED) is 0.770. The van der Waals surface area contributed by atoms with E-state index in [1.165, 1.54) is 0 Å². The van der Waals surface area contributed by atoms with Gasteiger partial charge < -0.3 is 5.32 Å². The lowest BCUT2D eigenvalue weighted by molar-refractivity contribution is -0.113. The zero-order chi connectivity index (χ0) is 20.2. The molecule has 1 heterocycles. The van der Waals surface area contributed by atoms with Crippen LogP contribution in [-0.2, 0) is 4.79 Å². The first-order valence-electron chi connectivity index (χ1n) is 10.2. The number of rotatable bonds is 5. The number of hydrogen-bond acceptors (Lipinski definition) is 3. The Labute approximate surface area is 169 Å². The molecule has 1 N–H and O–H groups in total. The highest BCUT2D eigenvalue weighted by Gasteiger charge is 2.25. The Morgan fingerprint density at radius 2 is 1.21 bits per heavy atom. The fourth-order valence-corrected chi connectivity index (χ4v) is 3.08. The van der Waals surface area contributed by atoms with Crippen LogP contribution in [0.2, 0.25) is 0 Å². The van der Waals surface area contributed by atoms with Crippen molar-refractivity contribution in [1.82, 2.24) is 10.2 Å². The van der Waals surface area contributed by atoms with E-state index < -0.39 is 0 Å². The number of hydrogen-bond donors (Lipinski definition) is 1. The number of nitrogens with zero attached hydrogens (tertiary/aromatic N) is 1. The largest absolute Gasteiger partial charge is 0.317 e. The second-order valence-corrected chi connectivity index (χ2v) is 6.75. The van der Waals surface area contributed by atoms with Gasteiger partial charge in [0, 0.05) is 24.2 Å². The number of nitrogens with one attached hydrogen (secondary N) is 1. The first-order chi connectivity index (χ1) is 13.7. The van der Waals surface area contributed by atoms with Gasteiger partial charge in [-0.2, -0.15) is 0 Å². The summed E-state index contributed by atoms with van der Waals surface area (Å²) in [6, 6.07) is 20.1. The van der Waals surface area contributed by atoms with Crippen LogP contribution in [0.25, 0.3) is 12.2 Å². The highest BCUT2D eigenvalue weighted by atomic mass is 16.1. The average molecular weight is 377 g/mol. The summed E-state index contributed by atoms with van der Waals surface area (Å²) in [6.07, 6.45) is 4.03. The van der Waals surface area contributed by atoms with Gasteiger partial charge in [0.2, 0.25) is 0 Å². The summed E-state index contributed by atoms with van der Waals surface area (Å²) in [5, 5.41) is 3.11. The molecule has 0 saturated carbocycles. The number of likely N-dealkylation sites (tertiary alicyclic amines) is 1. The van der Waals surface area contributed by atoms with Crippen molar-refractivity contribution in [2.24, 2.45) is 0 Å². The predicted molar refractivity (Wildman–Crippen MR) is 120 cm³/mol. The summed E-state index contributed by atoms with van der Waals surface area (Å²) >= 11 is 0. The fourth-order valence-electron chi connectivity index (χ4n) is 3.08. The number of piperidine rings is 1. The van der Waals surface area contributed by atoms with Gasteiger partial charge in [0.1, 0.15) is 0 Å². The summed E-state index contributed by atoms with van der Waals surface area (Å²) in [5.41, 5.74) is 3.89. The first kappa shape index (κ1) is 21.8. The van der Waals surface area contributed by atoms with Crippen LogP contribution in [-0.4, -0.2) is 43.4 Å². The Morgan fingerprint density at radius 1 is 0.786 bits per heavy atom. The SMILES string of the molecule is CCN1CC(=Cc2ccccc2)C(=O)C(=Cc2ccccc2)C1.CCNCC.